The highest BCUT2D eigenvalue weighted by Gasteiger charge is 2.22. The van der Waals surface area contributed by atoms with Gasteiger partial charge in [-0.25, -0.2) is 18.1 Å². The van der Waals surface area contributed by atoms with E-state index in [4.69, 9.17) is 4.74 Å². The Kier molecular flexibility index (Phi) is 7.32. The number of amides is 1. The lowest BCUT2D eigenvalue weighted by Crippen LogP contribution is -2.33. The quantitative estimate of drug-likeness (QED) is 0.632. The second-order valence-corrected chi connectivity index (χ2v) is 8.57. The molecule has 31 heavy (non-hydrogen) atoms. The lowest BCUT2D eigenvalue weighted by molar-refractivity contribution is -0.150. The standard InChI is InChI=1S/C22H23N3O5S/c1-17-7-9-18(10-8-17)12-14-31(28,29)23-15-22(27)30-16-21(26)25-13-11-20(24-25)19-5-3-2-4-6-19/h2-10,12,14,23H,11,13,15-16H2,1H3/b14-12+. The topological polar surface area (TPSA) is 105 Å². The third-order valence-electron chi connectivity index (χ3n) is 4.49. The molecule has 0 aliphatic carbocycles. The van der Waals surface area contributed by atoms with Gasteiger partial charge in [0.2, 0.25) is 10.0 Å². The minimum atomic E-state index is -3.83. The maximum Gasteiger partial charge on any atom is 0.321 e. The molecule has 2 aromatic carbocycles. The lowest BCUT2D eigenvalue weighted by Gasteiger charge is -2.11. The fraction of sp³-hybridized carbons (Fsp3) is 0.227. The first-order chi connectivity index (χ1) is 14.8. The molecule has 0 spiro atoms. The number of rotatable bonds is 8. The highest BCUT2D eigenvalue weighted by Crippen LogP contribution is 2.13. The third-order valence-corrected chi connectivity index (χ3v) is 5.53. The van der Waals surface area contributed by atoms with E-state index in [9.17, 15) is 18.0 Å². The zero-order chi connectivity index (χ0) is 22.3. The number of nitrogens with zero attached hydrogens (tertiary/aromatic N) is 2. The van der Waals surface area contributed by atoms with Crippen LogP contribution in [-0.4, -0.2) is 50.7 Å². The molecule has 162 valence electrons. The molecule has 0 fully saturated rings. The number of hydrogen-bond donors (Lipinski definition) is 1. The summed E-state index contributed by atoms with van der Waals surface area (Å²) < 4.78 is 31.0. The van der Waals surface area contributed by atoms with E-state index in [0.29, 0.717) is 18.5 Å². The molecule has 1 aliphatic rings. The number of hydrogen-bond acceptors (Lipinski definition) is 6. The number of hydrazone groups is 1. The molecular formula is C22H23N3O5S. The summed E-state index contributed by atoms with van der Waals surface area (Å²) in [5, 5.41) is 6.49. The third kappa shape index (κ3) is 6.87. The Balaban J connectivity index is 1.44. The molecular weight excluding hydrogens is 418 g/mol. The van der Waals surface area contributed by atoms with Crippen LogP contribution in [0.4, 0.5) is 0 Å². The van der Waals surface area contributed by atoms with Crippen molar-refractivity contribution in [1.29, 1.82) is 0 Å². The number of esters is 1. The highest BCUT2D eigenvalue weighted by molar-refractivity contribution is 7.92. The monoisotopic (exact) mass is 441 g/mol. The van der Waals surface area contributed by atoms with Crippen molar-refractivity contribution >= 4 is 33.7 Å². The van der Waals surface area contributed by atoms with Crippen molar-refractivity contribution in [1.82, 2.24) is 9.73 Å². The van der Waals surface area contributed by atoms with Crippen LogP contribution in [0.25, 0.3) is 6.08 Å². The van der Waals surface area contributed by atoms with E-state index in [1.807, 2.05) is 49.4 Å². The van der Waals surface area contributed by atoms with E-state index < -0.39 is 35.1 Å². The molecule has 3 rings (SSSR count). The van der Waals surface area contributed by atoms with Crippen molar-refractivity contribution in [2.75, 3.05) is 19.7 Å². The van der Waals surface area contributed by atoms with Crippen LogP contribution in [-0.2, 0) is 24.3 Å². The van der Waals surface area contributed by atoms with Crippen LogP contribution >= 0.6 is 0 Å². The first-order valence-corrected chi connectivity index (χ1v) is 11.2. The summed E-state index contributed by atoms with van der Waals surface area (Å²) in [7, 11) is -3.83. The van der Waals surface area contributed by atoms with Crippen LogP contribution < -0.4 is 4.72 Å². The minimum Gasteiger partial charge on any atom is -0.455 e. The molecule has 1 amide bonds. The van der Waals surface area contributed by atoms with Gasteiger partial charge >= 0.3 is 5.97 Å². The molecule has 1 N–H and O–H groups in total. The van der Waals surface area contributed by atoms with E-state index in [2.05, 4.69) is 9.82 Å². The van der Waals surface area contributed by atoms with Gasteiger partial charge in [0.15, 0.2) is 6.61 Å². The predicted molar refractivity (Wildman–Crippen MR) is 117 cm³/mol. The van der Waals surface area contributed by atoms with Crippen LogP contribution in [0.2, 0.25) is 0 Å². The van der Waals surface area contributed by atoms with Crippen molar-refractivity contribution < 1.29 is 22.7 Å². The lowest BCUT2D eigenvalue weighted by atomic mass is 10.1. The average Bonchev–Trinajstić information content (AvgIpc) is 3.27. The van der Waals surface area contributed by atoms with Gasteiger partial charge in [-0.3, -0.25) is 9.59 Å². The van der Waals surface area contributed by atoms with E-state index in [0.717, 1.165) is 22.2 Å². The van der Waals surface area contributed by atoms with Crippen molar-refractivity contribution in [2.45, 2.75) is 13.3 Å². The number of carbonyl (C=O) groups is 2. The highest BCUT2D eigenvalue weighted by atomic mass is 32.2. The molecule has 1 heterocycles. The number of benzene rings is 2. The summed E-state index contributed by atoms with van der Waals surface area (Å²) in [6.07, 6.45) is 2.03. The van der Waals surface area contributed by atoms with Gasteiger partial charge in [0.25, 0.3) is 5.91 Å². The van der Waals surface area contributed by atoms with Crippen molar-refractivity contribution in [2.24, 2.45) is 5.10 Å². The van der Waals surface area contributed by atoms with Crippen LogP contribution in [0.1, 0.15) is 23.1 Å². The molecule has 0 saturated heterocycles. The second-order valence-electron chi connectivity index (χ2n) is 6.92. The van der Waals surface area contributed by atoms with Crippen LogP contribution in [0, 0.1) is 6.92 Å². The largest absolute Gasteiger partial charge is 0.455 e. The van der Waals surface area contributed by atoms with Crippen LogP contribution in [0.5, 0.6) is 0 Å². The van der Waals surface area contributed by atoms with Crippen molar-refractivity contribution in [3.8, 4) is 0 Å². The summed E-state index contributed by atoms with van der Waals surface area (Å²) in [5.74, 6) is -1.33. The molecule has 8 nitrogen and oxygen atoms in total. The molecule has 1 aliphatic heterocycles. The molecule has 0 bridgehead atoms. The maximum absolute atomic E-state index is 12.2. The molecule has 0 atom stereocenters. The van der Waals surface area contributed by atoms with Gasteiger partial charge in [0, 0.05) is 11.8 Å². The molecule has 0 saturated carbocycles. The van der Waals surface area contributed by atoms with Gasteiger partial charge < -0.3 is 4.74 Å². The zero-order valence-corrected chi connectivity index (χ0v) is 17.8. The Morgan fingerprint density at radius 1 is 1.13 bits per heavy atom. The van der Waals surface area contributed by atoms with Gasteiger partial charge in [-0.2, -0.15) is 5.10 Å². The van der Waals surface area contributed by atoms with Crippen molar-refractivity contribution in [3.63, 3.8) is 0 Å². The average molecular weight is 442 g/mol. The summed E-state index contributed by atoms with van der Waals surface area (Å²) in [4.78, 5) is 24.0. The smallest absolute Gasteiger partial charge is 0.321 e. The van der Waals surface area contributed by atoms with E-state index >= 15 is 0 Å². The van der Waals surface area contributed by atoms with Crippen LogP contribution in [0.15, 0.2) is 65.1 Å². The van der Waals surface area contributed by atoms with Gasteiger partial charge in [0.1, 0.15) is 6.54 Å². The maximum atomic E-state index is 12.2. The normalized spacial score (nSPS) is 14.0. The Labute approximate surface area is 181 Å². The molecule has 2 aromatic rings. The van der Waals surface area contributed by atoms with Crippen LogP contribution in [0.3, 0.4) is 0 Å². The van der Waals surface area contributed by atoms with Gasteiger partial charge in [-0.15, -0.1) is 0 Å². The second kappa shape index (κ2) is 10.1. The van der Waals surface area contributed by atoms with Gasteiger partial charge in [-0.05, 0) is 24.1 Å². The van der Waals surface area contributed by atoms with Crippen molar-refractivity contribution in [3.05, 3.63) is 76.7 Å². The summed E-state index contributed by atoms with van der Waals surface area (Å²) >= 11 is 0. The molecule has 0 radical (unpaired) electrons. The fourth-order valence-corrected chi connectivity index (χ4v) is 3.54. The van der Waals surface area contributed by atoms with E-state index in [1.165, 1.54) is 11.1 Å². The van der Waals surface area contributed by atoms with E-state index in [-0.39, 0.29) is 0 Å². The summed E-state index contributed by atoms with van der Waals surface area (Å²) in [6.45, 7) is 1.25. The number of nitrogens with one attached hydrogen (secondary N) is 1. The van der Waals surface area contributed by atoms with Gasteiger partial charge in [-0.1, -0.05) is 60.2 Å². The Hall–Kier alpha value is -3.30. The number of ether oxygens (including phenoxy) is 1. The van der Waals surface area contributed by atoms with E-state index in [1.54, 1.807) is 12.1 Å². The Morgan fingerprint density at radius 2 is 1.84 bits per heavy atom. The first kappa shape index (κ1) is 22.4. The zero-order valence-electron chi connectivity index (χ0n) is 17.0. The first-order valence-electron chi connectivity index (χ1n) is 9.66. The molecule has 0 aromatic heterocycles. The SMILES string of the molecule is Cc1ccc(/C=C/S(=O)(=O)NCC(=O)OCC(=O)N2CCC(c3ccccc3)=N2)cc1. The predicted octanol–water partition coefficient (Wildman–Crippen LogP) is 2.06. The number of carbonyl (C=O) groups excluding carboxylic acids is 2. The Morgan fingerprint density at radius 3 is 2.55 bits per heavy atom. The molecule has 0 unspecified atom stereocenters. The Bertz CT molecular complexity index is 1090. The molecule has 9 heteroatoms. The number of aryl methyl sites for hydroxylation is 1. The minimum absolute atomic E-state index is 0.400. The fourth-order valence-electron chi connectivity index (χ4n) is 2.79. The summed E-state index contributed by atoms with van der Waals surface area (Å²) in [5.41, 5.74) is 3.49. The number of sulfonamides is 1. The van der Waals surface area contributed by atoms with Gasteiger partial charge in [0.05, 0.1) is 12.3 Å². The summed E-state index contributed by atoms with van der Waals surface area (Å²) in [6, 6.07) is 16.8.